The van der Waals surface area contributed by atoms with E-state index >= 15 is 0 Å². The molecule has 1 saturated heterocycles. The number of rotatable bonds is 1. The van der Waals surface area contributed by atoms with Gasteiger partial charge in [-0.2, -0.15) is 0 Å². The van der Waals surface area contributed by atoms with E-state index in [1.807, 2.05) is 13.8 Å². The van der Waals surface area contributed by atoms with Crippen molar-refractivity contribution in [2.45, 2.75) is 26.3 Å². The third-order valence-electron chi connectivity index (χ3n) is 1.05. The van der Waals surface area contributed by atoms with Gasteiger partial charge in [-0.3, -0.25) is 0 Å². The van der Waals surface area contributed by atoms with E-state index in [1.165, 1.54) is 6.42 Å². The SMILES string of the molecule is C=O.CCC.CNC1COC1. The Labute approximate surface area is 69.1 Å². The molecule has 0 unspecified atom stereocenters. The Bertz CT molecular complexity index is 62.4. The maximum Gasteiger partial charge on any atom is 0.106 e. The molecule has 1 aliphatic heterocycles. The number of carbonyl (C=O) groups is 1. The highest BCUT2D eigenvalue weighted by molar-refractivity contribution is 5.10. The summed E-state index contributed by atoms with van der Waals surface area (Å²) in [6.07, 6.45) is 1.25. The molecule has 0 saturated carbocycles. The van der Waals surface area contributed by atoms with Crippen LogP contribution in [-0.4, -0.2) is 33.1 Å². The van der Waals surface area contributed by atoms with E-state index in [0.717, 1.165) is 13.2 Å². The molecule has 0 aromatic rings. The van der Waals surface area contributed by atoms with E-state index in [1.54, 1.807) is 0 Å². The smallest absolute Gasteiger partial charge is 0.106 e. The van der Waals surface area contributed by atoms with Crippen LogP contribution >= 0.6 is 0 Å². The Hall–Kier alpha value is -0.410. The van der Waals surface area contributed by atoms with Crippen LogP contribution in [-0.2, 0) is 9.53 Å². The maximum absolute atomic E-state index is 8.00. The number of nitrogens with one attached hydrogen (secondary N) is 1. The normalized spacial score (nSPS) is 14.8. The van der Waals surface area contributed by atoms with Crippen molar-refractivity contribution < 1.29 is 9.53 Å². The van der Waals surface area contributed by atoms with Crippen LogP contribution in [0.1, 0.15) is 20.3 Å². The molecule has 3 heteroatoms. The summed E-state index contributed by atoms with van der Waals surface area (Å²) in [4.78, 5) is 8.00. The van der Waals surface area contributed by atoms with Crippen molar-refractivity contribution in [2.75, 3.05) is 20.3 Å². The molecule has 1 aliphatic rings. The second-order valence-corrected chi connectivity index (χ2v) is 2.23. The molecule has 1 N–H and O–H groups in total. The number of hydrogen-bond donors (Lipinski definition) is 1. The second-order valence-electron chi connectivity index (χ2n) is 2.23. The summed E-state index contributed by atoms with van der Waals surface area (Å²) in [5.74, 6) is 0. The Kier molecular flexibility index (Phi) is 14.7. The van der Waals surface area contributed by atoms with Crippen LogP contribution in [0.3, 0.4) is 0 Å². The predicted octanol–water partition coefficient (Wildman–Crippen LogP) is 0.836. The molecule has 11 heavy (non-hydrogen) atoms. The van der Waals surface area contributed by atoms with Crippen molar-refractivity contribution in [3.05, 3.63) is 0 Å². The summed E-state index contributed by atoms with van der Waals surface area (Å²) in [6, 6.07) is 0.644. The van der Waals surface area contributed by atoms with Gasteiger partial charge < -0.3 is 14.8 Å². The Morgan fingerprint density at radius 1 is 1.45 bits per heavy atom. The summed E-state index contributed by atoms with van der Waals surface area (Å²) in [6.45, 7) is 8.05. The quantitative estimate of drug-likeness (QED) is 0.619. The van der Waals surface area contributed by atoms with Gasteiger partial charge in [0.2, 0.25) is 0 Å². The first kappa shape index (κ1) is 13.2. The van der Waals surface area contributed by atoms with Gasteiger partial charge in [-0.1, -0.05) is 20.3 Å². The molecule has 68 valence electrons. The van der Waals surface area contributed by atoms with E-state index < -0.39 is 0 Å². The van der Waals surface area contributed by atoms with Crippen molar-refractivity contribution in [3.63, 3.8) is 0 Å². The summed E-state index contributed by atoms with van der Waals surface area (Å²) in [7, 11) is 1.95. The Balaban J connectivity index is 0. The van der Waals surface area contributed by atoms with Gasteiger partial charge in [0.15, 0.2) is 0 Å². The van der Waals surface area contributed by atoms with Gasteiger partial charge in [0.1, 0.15) is 6.79 Å². The molecule has 1 fully saturated rings. The fourth-order valence-electron chi connectivity index (χ4n) is 0.402. The Morgan fingerprint density at radius 3 is 1.82 bits per heavy atom. The lowest BCUT2D eigenvalue weighted by atomic mass is 10.3. The number of ether oxygens (including phenoxy) is 1. The first-order valence-electron chi connectivity index (χ1n) is 3.89. The summed E-state index contributed by atoms with van der Waals surface area (Å²) < 4.78 is 4.86. The predicted molar refractivity (Wildman–Crippen MR) is 46.8 cm³/mol. The zero-order valence-electron chi connectivity index (χ0n) is 7.72. The molecule has 0 radical (unpaired) electrons. The molecule has 0 aromatic heterocycles. The lowest BCUT2D eigenvalue weighted by Gasteiger charge is -2.24. The minimum atomic E-state index is 0.644. The molecule has 3 nitrogen and oxygen atoms in total. The van der Waals surface area contributed by atoms with Gasteiger partial charge in [0, 0.05) is 0 Å². The van der Waals surface area contributed by atoms with Crippen molar-refractivity contribution >= 4 is 6.79 Å². The molecule has 0 atom stereocenters. The number of hydrogen-bond acceptors (Lipinski definition) is 3. The van der Waals surface area contributed by atoms with E-state index in [9.17, 15) is 0 Å². The van der Waals surface area contributed by atoms with E-state index in [4.69, 9.17) is 9.53 Å². The third-order valence-corrected chi connectivity index (χ3v) is 1.05. The number of likely N-dealkylation sites (N-methyl/N-ethyl adjacent to an activating group) is 1. The highest BCUT2D eigenvalue weighted by Gasteiger charge is 2.13. The number of carbonyl (C=O) groups excluding carboxylic acids is 1. The van der Waals surface area contributed by atoms with Crippen LogP contribution in [0.5, 0.6) is 0 Å². The van der Waals surface area contributed by atoms with Crippen LogP contribution in [0, 0.1) is 0 Å². The lowest BCUT2D eigenvalue weighted by molar-refractivity contribution is -0.0979. The minimum absolute atomic E-state index is 0.644. The molecule has 1 heterocycles. The molecule has 0 amide bonds. The molecule has 1 rings (SSSR count). The molecule has 0 spiro atoms. The van der Waals surface area contributed by atoms with Gasteiger partial charge >= 0.3 is 0 Å². The first-order valence-corrected chi connectivity index (χ1v) is 3.89. The minimum Gasteiger partial charge on any atom is -0.378 e. The summed E-state index contributed by atoms with van der Waals surface area (Å²) in [5.41, 5.74) is 0. The van der Waals surface area contributed by atoms with Gasteiger partial charge in [0.05, 0.1) is 19.3 Å². The standard InChI is InChI=1S/C4H9NO.C3H8.CH2O/c1-5-4-2-6-3-4;1-3-2;1-2/h4-5H,2-3H2,1H3;3H2,1-2H3;1H2. The van der Waals surface area contributed by atoms with Crippen molar-refractivity contribution in [2.24, 2.45) is 0 Å². The molecule has 0 bridgehead atoms. The fraction of sp³-hybridized carbons (Fsp3) is 0.875. The lowest BCUT2D eigenvalue weighted by Crippen LogP contribution is -2.43. The van der Waals surface area contributed by atoms with Gasteiger partial charge in [0.25, 0.3) is 0 Å². The van der Waals surface area contributed by atoms with E-state index in [0.29, 0.717) is 6.04 Å². The highest BCUT2D eigenvalue weighted by atomic mass is 16.5. The van der Waals surface area contributed by atoms with Gasteiger partial charge in [-0.15, -0.1) is 0 Å². The van der Waals surface area contributed by atoms with E-state index in [2.05, 4.69) is 19.2 Å². The van der Waals surface area contributed by atoms with Gasteiger partial charge in [-0.05, 0) is 7.05 Å². The van der Waals surface area contributed by atoms with Crippen LogP contribution in [0.4, 0.5) is 0 Å². The summed E-state index contributed by atoms with van der Waals surface area (Å²) >= 11 is 0. The van der Waals surface area contributed by atoms with Crippen molar-refractivity contribution in [3.8, 4) is 0 Å². The first-order chi connectivity index (χ1) is 5.35. The zero-order valence-corrected chi connectivity index (χ0v) is 7.72. The van der Waals surface area contributed by atoms with Gasteiger partial charge in [-0.25, -0.2) is 0 Å². The largest absolute Gasteiger partial charge is 0.378 e. The zero-order chi connectivity index (χ0) is 9.11. The van der Waals surface area contributed by atoms with Crippen LogP contribution in [0.15, 0.2) is 0 Å². The van der Waals surface area contributed by atoms with Crippen molar-refractivity contribution in [1.82, 2.24) is 5.32 Å². The monoisotopic (exact) mass is 161 g/mol. The van der Waals surface area contributed by atoms with Crippen LogP contribution < -0.4 is 5.32 Å². The molecule has 0 aromatic carbocycles. The molecular formula is C8H19NO2. The van der Waals surface area contributed by atoms with Crippen LogP contribution in [0.25, 0.3) is 0 Å². The maximum atomic E-state index is 8.00. The topological polar surface area (TPSA) is 38.3 Å². The third kappa shape index (κ3) is 9.59. The molecule has 0 aliphatic carbocycles. The average molecular weight is 161 g/mol. The van der Waals surface area contributed by atoms with Crippen LogP contribution in [0.2, 0.25) is 0 Å². The highest BCUT2D eigenvalue weighted by Crippen LogP contribution is 1.96. The average Bonchev–Trinajstić information content (AvgIpc) is 1.91. The Morgan fingerprint density at radius 2 is 1.82 bits per heavy atom. The van der Waals surface area contributed by atoms with Crippen molar-refractivity contribution in [1.29, 1.82) is 0 Å². The summed E-state index contributed by atoms with van der Waals surface area (Å²) in [5, 5.41) is 3.08. The van der Waals surface area contributed by atoms with E-state index in [-0.39, 0.29) is 0 Å². The second kappa shape index (κ2) is 12.3. The fourth-order valence-corrected chi connectivity index (χ4v) is 0.402. The molecular weight excluding hydrogens is 142 g/mol.